The molecule has 0 aliphatic carbocycles. The van der Waals surface area contributed by atoms with E-state index < -0.39 is 0 Å². The third-order valence-corrected chi connectivity index (χ3v) is 4.92. The van der Waals surface area contributed by atoms with Crippen molar-refractivity contribution in [1.82, 2.24) is 10.6 Å². The van der Waals surface area contributed by atoms with Gasteiger partial charge in [0.15, 0.2) is 0 Å². The molecule has 0 aromatic heterocycles. The van der Waals surface area contributed by atoms with Crippen molar-refractivity contribution < 1.29 is 19.7 Å². The van der Waals surface area contributed by atoms with Crippen LogP contribution in [0.1, 0.15) is 30.4 Å². The number of methoxy groups -OCH3 is 2. The monoisotopic (exact) mass is 456 g/mol. The number of benzene rings is 2. The van der Waals surface area contributed by atoms with E-state index in [2.05, 4.69) is 20.6 Å². The highest BCUT2D eigenvalue weighted by atomic mass is 16.5. The average molecular weight is 457 g/mol. The summed E-state index contributed by atoms with van der Waals surface area (Å²) in [5, 5.41) is 26.5. The van der Waals surface area contributed by atoms with Gasteiger partial charge in [0.05, 0.1) is 14.2 Å². The van der Waals surface area contributed by atoms with Crippen molar-refractivity contribution in [3.05, 3.63) is 47.5 Å². The highest BCUT2D eigenvalue weighted by Gasteiger charge is 2.01. The fraction of sp³-hybridized carbons (Fsp3) is 0.440. The Labute approximate surface area is 196 Å². The van der Waals surface area contributed by atoms with Gasteiger partial charge >= 0.3 is 0 Å². The topological polar surface area (TPSA) is 108 Å². The lowest BCUT2D eigenvalue weighted by atomic mass is 10.2. The number of hydrogen-bond acceptors (Lipinski definition) is 8. The molecule has 180 valence electrons. The largest absolute Gasteiger partial charge is 0.507 e. The molecule has 8 nitrogen and oxygen atoms in total. The van der Waals surface area contributed by atoms with Gasteiger partial charge in [0.25, 0.3) is 0 Å². The van der Waals surface area contributed by atoms with Crippen molar-refractivity contribution in [2.75, 3.05) is 53.5 Å². The highest BCUT2D eigenvalue weighted by molar-refractivity contribution is 5.84. The summed E-state index contributed by atoms with van der Waals surface area (Å²) in [6, 6.07) is 10.2. The summed E-state index contributed by atoms with van der Waals surface area (Å²) < 4.78 is 10.3. The predicted molar refractivity (Wildman–Crippen MR) is 134 cm³/mol. The zero-order valence-electron chi connectivity index (χ0n) is 19.6. The Morgan fingerprint density at radius 1 is 0.697 bits per heavy atom. The van der Waals surface area contributed by atoms with Crippen LogP contribution in [0, 0.1) is 0 Å². The Hall–Kier alpha value is -3.10. The summed E-state index contributed by atoms with van der Waals surface area (Å²) in [7, 11) is 3.20. The maximum Gasteiger partial charge on any atom is 0.124 e. The van der Waals surface area contributed by atoms with Crippen LogP contribution in [-0.2, 0) is 0 Å². The second-order valence-corrected chi connectivity index (χ2v) is 7.48. The Morgan fingerprint density at radius 3 is 1.55 bits per heavy atom. The van der Waals surface area contributed by atoms with E-state index in [1.165, 1.54) is 0 Å². The summed E-state index contributed by atoms with van der Waals surface area (Å²) in [5.41, 5.74) is 1.33. The molecule has 0 saturated carbocycles. The summed E-state index contributed by atoms with van der Waals surface area (Å²) >= 11 is 0. The fourth-order valence-electron chi connectivity index (χ4n) is 3.03. The van der Waals surface area contributed by atoms with E-state index in [4.69, 9.17) is 9.47 Å². The number of aromatic hydroxyl groups is 2. The van der Waals surface area contributed by atoms with E-state index in [0.717, 1.165) is 45.4 Å². The number of ether oxygens (including phenoxy) is 2. The number of nitrogens with one attached hydrogen (secondary N) is 2. The number of phenolic OH excluding ortho intramolecular Hbond substituents is 2. The maximum absolute atomic E-state index is 9.82. The van der Waals surface area contributed by atoms with Gasteiger partial charge in [-0.15, -0.1) is 0 Å². The molecule has 0 aliphatic rings. The zero-order chi connectivity index (χ0) is 23.7. The van der Waals surface area contributed by atoms with Gasteiger partial charge in [-0.3, -0.25) is 9.98 Å². The van der Waals surface area contributed by atoms with E-state index >= 15 is 0 Å². The molecule has 0 aliphatic heterocycles. The lowest BCUT2D eigenvalue weighted by molar-refractivity contribution is 0.412. The van der Waals surface area contributed by atoms with Crippen LogP contribution in [0.15, 0.2) is 46.4 Å². The second kappa shape index (κ2) is 15.7. The van der Waals surface area contributed by atoms with E-state index in [1.807, 2.05) is 0 Å². The van der Waals surface area contributed by atoms with Gasteiger partial charge < -0.3 is 30.3 Å². The Kier molecular flexibility index (Phi) is 12.4. The number of rotatable bonds is 16. The van der Waals surface area contributed by atoms with E-state index in [9.17, 15) is 10.2 Å². The molecular formula is C25H36N4O4. The molecule has 0 heterocycles. The van der Waals surface area contributed by atoms with Crippen molar-refractivity contribution in [2.45, 2.75) is 19.3 Å². The van der Waals surface area contributed by atoms with Gasteiger partial charge in [-0.05, 0) is 81.8 Å². The molecule has 0 amide bonds. The van der Waals surface area contributed by atoms with Crippen molar-refractivity contribution in [3.8, 4) is 23.0 Å². The number of hydrogen-bond donors (Lipinski definition) is 4. The van der Waals surface area contributed by atoms with Crippen LogP contribution in [-0.4, -0.2) is 76.1 Å². The summed E-state index contributed by atoms with van der Waals surface area (Å²) in [6.45, 7) is 5.15. The fourth-order valence-corrected chi connectivity index (χ4v) is 3.03. The highest BCUT2D eigenvalue weighted by Crippen LogP contribution is 2.21. The minimum atomic E-state index is 0.202. The second-order valence-electron chi connectivity index (χ2n) is 7.48. The van der Waals surface area contributed by atoms with Crippen LogP contribution in [0.4, 0.5) is 0 Å². The van der Waals surface area contributed by atoms with Crippen molar-refractivity contribution in [3.63, 3.8) is 0 Å². The van der Waals surface area contributed by atoms with Gasteiger partial charge in [-0.1, -0.05) is 0 Å². The van der Waals surface area contributed by atoms with Crippen LogP contribution in [0.2, 0.25) is 0 Å². The van der Waals surface area contributed by atoms with E-state index in [0.29, 0.717) is 35.7 Å². The van der Waals surface area contributed by atoms with E-state index in [1.54, 1.807) is 63.0 Å². The van der Waals surface area contributed by atoms with Crippen molar-refractivity contribution in [1.29, 1.82) is 0 Å². The smallest absolute Gasteiger partial charge is 0.124 e. The SMILES string of the molecule is COc1ccc(O)c(C=NCCCNCCCNCCCN=Cc2cc(OC)ccc2O)c1. The van der Waals surface area contributed by atoms with Crippen LogP contribution < -0.4 is 20.1 Å². The van der Waals surface area contributed by atoms with Gasteiger partial charge in [0.1, 0.15) is 23.0 Å². The van der Waals surface area contributed by atoms with Gasteiger partial charge in [-0.25, -0.2) is 0 Å². The average Bonchev–Trinajstić information content (AvgIpc) is 2.83. The molecule has 0 atom stereocenters. The van der Waals surface area contributed by atoms with Crippen molar-refractivity contribution >= 4 is 12.4 Å². The van der Waals surface area contributed by atoms with Crippen LogP contribution >= 0.6 is 0 Å². The zero-order valence-corrected chi connectivity index (χ0v) is 19.6. The number of nitrogens with zero attached hydrogens (tertiary/aromatic N) is 2. The van der Waals surface area contributed by atoms with Gasteiger partial charge in [0.2, 0.25) is 0 Å². The summed E-state index contributed by atoms with van der Waals surface area (Å²) in [4.78, 5) is 8.74. The number of phenols is 2. The normalized spacial score (nSPS) is 11.5. The Morgan fingerprint density at radius 2 is 1.12 bits per heavy atom. The lowest BCUT2D eigenvalue weighted by Crippen LogP contribution is -2.23. The molecule has 33 heavy (non-hydrogen) atoms. The minimum absolute atomic E-state index is 0.202. The molecule has 2 rings (SSSR count). The third-order valence-electron chi connectivity index (χ3n) is 4.92. The van der Waals surface area contributed by atoms with Gasteiger partial charge in [-0.2, -0.15) is 0 Å². The Balaban J connectivity index is 1.44. The summed E-state index contributed by atoms with van der Waals surface area (Å²) in [6.07, 6.45) is 6.31. The van der Waals surface area contributed by atoms with Crippen LogP contribution in [0.3, 0.4) is 0 Å². The molecule has 2 aromatic carbocycles. The predicted octanol–water partition coefficient (Wildman–Crippen LogP) is 3.00. The molecule has 0 fully saturated rings. The number of aliphatic imine (C=N–C) groups is 2. The molecule has 2 aromatic rings. The maximum atomic E-state index is 9.82. The third kappa shape index (κ3) is 10.4. The quantitative estimate of drug-likeness (QED) is 0.228. The minimum Gasteiger partial charge on any atom is -0.507 e. The standard InChI is InChI=1S/C25H36N4O4/c1-32-22-6-8-24(30)20(16-22)18-28-14-4-12-26-10-3-11-27-13-5-15-29-19-21-17-23(33-2)7-9-25(21)31/h6-9,16-19,26-27,30-31H,3-5,10-15H2,1-2H3. The lowest BCUT2D eigenvalue weighted by Gasteiger charge is -2.06. The van der Waals surface area contributed by atoms with Gasteiger partial charge in [0, 0.05) is 36.6 Å². The first kappa shape index (κ1) is 26.2. The molecular weight excluding hydrogens is 420 g/mol. The van der Waals surface area contributed by atoms with Crippen molar-refractivity contribution in [2.24, 2.45) is 9.98 Å². The first-order valence-electron chi connectivity index (χ1n) is 11.3. The summed E-state index contributed by atoms with van der Waals surface area (Å²) in [5.74, 6) is 1.80. The Bertz CT molecular complexity index is 815. The van der Waals surface area contributed by atoms with Crippen LogP contribution in [0.5, 0.6) is 23.0 Å². The van der Waals surface area contributed by atoms with E-state index in [-0.39, 0.29) is 11.5 Å². The molecule has 0 spiro atoms. The molecule has 4 N–H and O–H groups in total. The first-order valence-corrected chi connectivity index (χ1v) is 11.3. The first-order chi connectivity index (χ1) is 16.1. The molecule has 0 bridgehead atoms. The molecule has 8 heteroatoms. The molecule has 0 unspecified atom stereocenters. The van der Waals surface area contributed by atoms with Crippen LogP contribution in [0.25, 0.3) is 0 Å². The molecule has 0 radical (unpaired) electrons. The molecule has 0 saturated heterocycles.